The fourth-order valence-corrected chi connectivity index (χ4v) is 5.09. The summed E-state index contributed by atoms with van der Waals surface area (Å²) in [5.74, 6) is -3.64. The largest absolute Gasteiger partial charge is 0.496 e. The van der Waals surface area contributed by atoms with Crippen LogP contribution in [0.15, 0.2) is 29.2 Å². The fourth-order valence-electron chi connectivity index (χ4n) is 4.87. The lowest BCUT2D eigenvalue weighted by Gasteiger charge is -2.25. The number of pyridine rings is 1. The monoisotopic (exact) mass is 548 g/mol. The Bertz CT molecular complexity index is 1500. The quantitative estimate of drug-likeness (QED) is 0.400. The predicted molar refractivity (Wildman–Crippen MR) is 138 cm³/mol. The maximum absolute atomic E-state index is 15.1. The van der Waals surface area contributed by atoms with E-state index in [1.54, 1.807) is 0 Å². The second-order valence-corrected chi connectivity index (χ2v) is 9.96. The minimum absolute atomic E-state index is 0.0309. The first kappa shape index (κ1) is 27.5. The summed E-state index contributed by atoms with van der Waals surface area (Å²) in [7, 11) is 1.38. The first-order valence-electron chi connectivity index (χ1n) is 12.1. The molecule has 1 aliphatic rings. The van der Waals surface area contributed by atoms with Gasteiger partial charge in [-0.2, -0.15) is 0 Å². The van der Waals surface area contributed by atoms with E-state index in [1.165, 1.54) is 41.0 Å². The highest BCUT2D eigenvalue weighted by molar-refractivity contribution is 6.31. The van der Waals surface area contributed by atoms with E-state index >= 15 is 4.39 Å². The van der Waals surface area contributed by atoms with E-state index in [4.69, 9.17) is 16.3 Å². The van der Waals surface area contributed by atoms with E-state index in [1.807, 2.05) is 13.8 Å². The van der Waals surface area contributed by atoms with Gasteiger partial charge in [-0.3, -0.25) is 9.59 Å². The van der Waals surface area contributed by atoms with Crippen LogP contribution in [0.5, 0.6) is 5.75 Å². The van der Waals surface area contributed by atoms with Crippen molar-refractivity contribution in [2.24, 2.45) is 5.92 Å². The molecule has 0 bridgehead atoms. The van der Waals surface area contributed by atoms with Gasteiger partial charge >= 0.3 is 5.97 Å². The second-order valence-electron chi connectivity index (χ2n) is 9.58. The van der Waals surface area contributed by atoms with Gasteiger partial charge in [0.2, 0.25) is 11.3 Å². The number of carboxylic acid groups (broad SMARTS) is 1. The summed E-state index contributed by atoms with van der Waals surface area (Å²) >= 11 is 5.97. The lowest BCUT2D eigenvalue weighted by molar-refractivity contribution is -0.117. The number of carbonyl (C=O) groups is 2. The molecule has 0 saturated carbocycles. The molecule has 11 heteroatoms. The summed E-state index contributed by atoms with van der Waals surface area (Å²) in [6.07, 6.45) is 1.78. The molecule has 1 aliphatic heterocycles. The molecule has 0 radical (unpaired) electrons. The highest BCUT2D eigenvalue weighted by Gasteiger charge is 2.29. The Morgan fingerprint density at radius 2 is 1.87 bits per heavy atom. The first-order chi connectivity index (χ1) is 18.0. The van der Waals surface area contributed by atoms with Crippen molar-refractivity contribution in [2.45, 2.75) is 39.2 Å². The number of benzene rings is 2. The lowest BCUT2D eigenvalue weighted by Crippen LogP contribution is -2.25. The van der Waals surface area contributed by atoms with Gasteiger partial charge in [-0.1, -0.05) is 25.4 Å². The van der Waals surface area contributed by atoms with Gasteiger partial charge in [-0.05, 0) is 35.6 Å². The van der Waals surface area contributed by atoms with Crippen LogP contribution in [0.1, 0.15) is 54.2 Å². The number of aromatic nitrogens is 1. The Labute approximate surface area is 222 Å². The highest BCUT2D eigenvalue weighted by Crippen LogP contribution is 2.36. The van der Waals surface area contributed by atoms with E-state index < -0.39 is 39.7 Å². The number of aliphatic hydroxyl groups is 1. The van der Waals surface area contributed by atoms with Crippen LogP contribution >= 0.6 is 11.6 Å². The summed E-state index contributed by atoms with van der Waals surface area (Å²) in [5.41, 5.74) is -0.765. The van der Waals surface area contributed by atoms with Gasteiger partial charge in [0.25, 0.3) is 0 Å². The molecule has 1 saturated heterocycles. The molecule has 2 aromatic carbocycles. The Kier molecular flexibility index (Phi) is 7.75. The zero-order valence-electron chi connectivity index (χ0n) is 21.1. The number of ether oxygens (including phenoxy) is 1. The number of anilines is 1. The van der Waals surface area contributed by atoms with E-state index in [9.17, 15) is 29.0 Å². The van der Waals surface area contributed by atoms with Crippen molar-refractivity contribution in [2.75, 3.05) is 25.2 Å². The van der Waals surface area contributed by atoms with E-state index in [-0.39, 0.29) is 60.2 Å². The number of aromatic carboxylic acids is 1. The third kappa shape index (κ3) is 4.74. The summed E-state index contributed by atoms with van der Waals surface area (Å²) in [5, 5.41) is 18.9. The number of nitrogens with zero attached hydrogens (tertiary/aromatic N) is 2. The van der Waals surface area contributed by atoms with Gasteiger partial charge in [0.1, 0.15) is 22.2 Å². The SMILES string of the molecule is COc1cc2c(cc1Cc1cc(N3CCCC3=O)c(F)c(Cl)c1F)c(=O)c(C(=O)O)cn2C(CO)C(C)C. The number of aliphatic hydroxyl groups excluding tert-OH is 1. The second kappa shape index (κ2) is 10.7. The van der Waals surface area contributed by atoms with Crippen LogP contribution in [-0.4, -0.2) is 46.9 Å². The minimum Gasteiger partial charge on any atom is -0.496 e. The maximum atomic E-state index is 15.1. The maximum Gasteiger partial charge on any atom is 0.341 e. The fraction of sp³-hybridized carbons (Fsp3) is 0.370. The summed E-state index contributed by atoms with van der Waals surface area (Å²) in [6, 6.07) is 3.61. The molecule has 8 nitrogen and oxygen atoms in total. The van der Waals surface area contributed by atoms with Crippen LogP contribution in [0, 0.1) is 17.6 Å². The van der Waals surface area contributed by atoms with E-state index in [0.717, 1.165) is 0 Å². The average molecular weight is 549 g/mol. The molecule has 2 heterocycles. The highest BCUT2D eigenvalue weighted by atomic mass is 35.5. The molecular weight excluding hydrogens is 522 g/mol. The minimum atomic E-state index is -1.43. The van der Waals surface area contributed by atoms with Gasteiger partial charge in [-0.25, -0.2) is 13.6 Å². The van der Waals surface area contributed by atoms with E-state index in [2.05, 4.69) is 0 Å². The van der Waals surface area contributed by atoms with Crippen LogP contribution in [-0.2, 0) is 11.2 Å². The number of fused-ring (bicyclic) bond motifs is 1. The Hall–Kier alpha value is -3.50. The average Bonchev–Trinajstić information content (AvgIpc) is 3.30. The number of halogens is 3. The molecule has 3 aromatic rings. The Morgan fingerprint density at radius 1 is 1.16 bits per heavy atom. The Balaban J connectivity index is 1.94. The summed E-state index contributed by atoms with van der Waals surface area (Å²) < 4.78 is 37.0. The lowest BCUT2D eigenvalue weighted by atomic mass is 9.98. The first-order valence-corrected chi connectivity index (χ1v) is 12.4. The third-order valence-electron chi connectivity index (χ3n) is 6.93. The number of carboxylic acids is 1. The predicted octanol–water partition coefficient (Wildman–Crippen LogP) is 4.55. The van der Waals surface area contributed by atoms with Gasteiger partial charge in [0, 0.05) is 37.0 Å². The van der Waals surface area contributed by atoms with Crippen LogP contribution < -0.4 is 15.1 Å². The zero-order valence-corrected chi connectivity index (χ0v) is 21.8. The van der Waals surface area contributed by atoms with Gasteiger partial charge in [0.15, 0.2) is 5.82 Å². The van der Waals surface area contributed by atoms with Crippen molar-refractivity contribution in [3.63, 3.8) is 0 Å². The van der Waals surface area contributed by atoms with Crippen LogP contribution in [0.2, 0.25) is 5.02 Å². The van der Waals surface area contributed by atoms with E-state index in [0.29, 0.717) is 17.5 Å². The number of hydrogen-bond donors (Lipinski definition) is 2. The molecule has 1 unspecified atom stereocenters. The van der Waals surface area contributed by atoms with Crippen molar-refractivity contribution in [3.8, 4) is 5.75 Å². The van der Waals surface area contributed by atoms with Crippen LogP contribution in [0.3, 0.4) is 0 Å². The van der Waals surface area contributed by atoms with Crippen LogP contribution in [0.4, 0.5) is 14.5 Å². The van der Waals surface area contributed by atoms with Crippen molar-refractivity contribution >= 4 is 40.1 Å². The van der Waals surface area contributed by atoms with Crippen molar-refractivity contribution in [1.29, 1.82) is 0 Å². The van der Waals surface area contributed by atoms with Crippen LogP contribution in [0.25, 0.3) is 10.9 Å². The molecule has 38 heavy (non-hydrogen) atoms. The van der Waals surface area contributed by atoms with Gasteiger partial charge in [-0.15, -0.1) is 0 Å². The number of hydrogen-bond acceptors (Lipinski definition) is 5. The zero-order chi connectivity index (χ0) is 27.9. The number of carbonyl (C=O) groups excluding carboxylic acids is 1. The van der Waals surface area contributed by atoms with Crippen molar-refractivity contribution in [3.05, 3.63) is 68.0 Å². The standard InChI is InChI=1S/C27H27ClF2N2O6/c1-13(2)20(12-33)32-11-17(27(36)37)26(35)16-8-14(21(38-3)10-18(16)32)7-15-9-19(25(30)23(28)24(15)29)31-6-4-5-22(31)34/h8-11,13,20,33H,4-7,12H2,1-3H3,(H,36,37). The summed E-state index contributed by atoms with van der Waals surface area (Å²) in [4.78, 5) is 38.5. The molecule has 1 fully saturated rings. The number of rotatable bonds is 8. The number of methoxy groups -OCH3 is 1. The molecule has 1 amide bonds. The topological polar surface area (TPSA) is 109 Å². The molecular formula is C27H27ClF2N2O6. The smallest absolute Gasteiger partial charge is 0.341 e. The summed E-state index contributed by atoms with van der Waals surface area (Å²) in [6.45, 7) is 3.66. The Morgan fingerprint density at radius 3 is 2.42 bits per heavy atom. The molecule has 0 spiro atoms. The normalized spacial score (nSPS) is 14.5. The molecule has 2 N–H and O–H groups in total. The third-order valence-corrected chi connectivity index (χ3v) is 7.26. The van der Waals surface area contributed by atoms with Gasteiger partial charge < -0.3 is 24.4 Å². The molecule has 1 atom stereocenters. The molecule has 1 aromatic heterocycles. The number of amides is 1. The van der Waals surface area contributed by atoms with Gasteiger partial charge in [0.05, 0.1) is 31.0 Å². The molecule has 0 aliphatic carbocycles. The van der Waals surface area contributed by atoms with Crippen molar-refractivity contribution < 1.29 is 33.3 Å². The van der Waals surface area contributed by atoms with Crippen molar-refractivity contribution in [1.82, 2.24) is 4.57 Å². The molecule has 202 valence electrons. The molecule has 4 rings (SSSR count).